The monoisotopic (exact) mass is 296 g/mol. The Labute approximate surface area is 121 Å². The number of rotatable bonds is 3. The van der Waals surface area contributed by atoms with Gasteiger partial charge < -0.3 is 20.5 Å². The highest BCUT2D eigenvalue weighted by Gasteiger charge is 2.29. The molecule has 3 N–H and O–H groups in total. The topological polar surface area (TPSA) is 87.7 Å². The third kappa shape index (κ3) is 3.91. The molecule has 0 aliphatic carbocycles. The van der Waals surface area contributed by atoms with Crippen LogP contribution in [0.2, 0.25) is 0 Å². The summed E-state index contributed by atoms with van der Waals surface area (Å²) in [5.74, 6) is -1.86. The minimum absolute atomic E-state index is 0.0830. The Morgan fingerprint density at radius 1 is 1.43 bits per heavy atom. The van der Waals surface area contributed by atoms with Crippen LogP contribution in [0, 0.1) is 5.82 Å². The summed E-state index contributed by atoms with van der Waals surface area (Å²) in [5, 5.41) is 14.1. The zero-order valence-electron chi connectivity index (χ0n) is 11.6. The van der Waals surface area contributed by atoms with Crippen molar-refractivity contribution in [3.63, 3.8) is 0 Å². The van der Waals surface area contributed by atoms with E-state index >= 15 is 0 Å². The van der Waals surface area contributed by atoms with E-state index in [1.54, 1.807) is 0 Å². The maximum Gasteiger partial charge on any atom is 0.337 e. The van der Waals surface area contributed by atoms with Gasteiger partial charge in [0.2, 0.25) is 0 Å². The third-order valence-corrected chi connectivity index (χ3v) is 3.31. The molecule has 2 amide bonds. The van der Waals surface area contributed by atoms with Crippen molar-refractivity contribution in [2.75, 3.05) is 18.5 Å². The number of carbonyl (C=O) groups excluding carboxylic acids is 1. The Morgan fingerprint density at radius 3 is 2.81 bits per heavy atom. The van der Waals surface area contributed by atoms with E-state index < -0.39 is 23.4 Å². The summed E-state index contributed by atoms with van der Waals surface area (Å²) in [6.07, 6.45) is 1.59. The SMILES string of the molecule is CC1(NC(=O)Nc2cc(F)ccc2C(=O)O)CCCOC1. The first-order chi connectivity index (χ1) is 9.89. The molecule has 1 fully saturated rings. The zero-order chi connectivity index (χ0) is 15.5. The number of aromatic carboxylic acids is 1. The summed E-state index contributed by atoms with van der Waals surface area (Å²) in [6, 6.07) is 2.53. The molecule has 1 aliphatic heterocycles. The lowest BCUT2D eigenvalue weighted by atomic mass is 9.95. The number of nitrogens with one attached hydrogen (secondary N) is 2. The molecule has 0 spiro atoms. The lowest BCUT2D eigenvalue weighted by molar-refractivity contribution is 0.0342. The molecule has 114 valence electrons. The molecule has 6 nitrogen and oxygen atoms in total. The van der Waals surface area contributed by atoms with Gasteiger partial charge in [-0.2, -0.15) is 0 Å². The van der Waals surface area contributed by atoms with Crippen molar-refractivity contribution < 1.29 is 23.8 Å². The van der Waals surface area contributed by atoms with E-state index in [-0.39, 0.29) is 11.3 Å². The number of urea groups is 1. The van der Waals surface area contributed by atoms with Gasteiger partial charge in [-0.3, -0.25) is 0 Å². The summed E-state index contributed by atoms with van der Waals surface area (Å²) in [6.45, 7) is 2.89. The number of hydrogen-bond acceptors (Lipinski definition) is 3. The van der Waals surface area contributed by atoms with Gasteiger partial charge in [-0.15, -0.1) is 0 Å². The van der Waals surface area contributed by atoms with Crippen LogP contribution in [0.25, 0.3) is 0 Å². The van der Waals surface area contributed by atoms with E-state index in [2.05, 4.69) is 10.6 Å². The fourth-order valence-corrected chi connectivity index (χ4v) is 2.27. The second-order valence-electron chi connectivity index (χ2n) is 5.29. The normalized spacial score (nSPS) is 21.6. The maximum absolute atomic E-state index is 13.2. The molecule has 7 heteroatoms. The van der Waals surface area contributed by atoms with Gasteiger partial charge in [0.25, 0.3) is 0 Å². The molecular formula is C14H17FN2O4. The molecule has 1 saturated heterocycles. The van der Waals surface area contributed by atoms with Crippen LogP contribution in [0.15, 0.2) is 18.2 Å². The van der Waals surface area contributed by atoms with Crippen LogP contribution in [0.4, 0.5) is 14.9 Å². The van der Waals surface area contributed by atoms with Gasteiger partial charge in [0.05, 0.1) is 23.4 Å². The minimum atomic E-state index is -1.24. The first-order valence-corrected chi connectivity index (χ1v) is 6.59. The number of hydrogen-bond donors (Lipinski definition) is 3. The van der Waals surface area contributed by atoms with Crippen molar-refractivity contribution in [1.29, 1.82) is 0 Å². The number of carboxylic acid groups (broad SMARTS) is 1. The number of amides is 2. The zero-order valence-corrected chi connectivity index (χ0v) is 11.6. The van der Waals surface area contributed by atoms with E-state index in [0.717, 1.165) is 31.0 Å². The summed E-state index contributed by atoms with van der Waals surface area (Å²) in [5.41, 5.74) is -0.768. The van der Waals surface area contributed by atoms with E-state index in [4.69, 9.17) is 9.84 Å². The molecule has 21 heavy (non-hydrogen) atoms. The molecule has 1 aromatic carbocycles. The molecule has 2 rings (SSSR count). The smallest absolute Gasteiger partial charge is 0.337 e. The first kappa shape index (κ1) is 15.2. The summed E-state index contributed by atoms with van der Waals surface area (Å²) < 4.78 is 18.5. The predicted molar refractivity (Wildman–Crippen MR) is 74.0 cm³/mol. The molecule has 1 aromatic rings. The molecule has 0 aromatic heterocycles. The molecule has 1 unspecified atom stereocenters. The Kier molecular flexibility index (Phi) is 4.42. The molecule has 1 aliphatic rings. The van der Waals surface area contributed by atoms with Crippen molar-refractivity contribution in [3.8, 4) is 0 Å². The van der Waals surface area contributed by atoms with Gasteiger partial charge in [0.1, 0.15) is 5.82 Å². The number of ether oxygens (including phenoxy) is 1. The average Bonchev–Trinajstić information content (AvgIpc) is 2.38. The number of benzene rings is 1. The number of halogens is 1. The van der Waals surface area contributed by atoms with Gasteiger partial charge in [0, 0.05) is 6.61 Å². The van der Waals surface area contributed by atoms with E-state index in [0.29, 0.717) is 13.2 Å². The first-order valence-electron chi connectivity index (χ1n) is 6.59. The Balaban J connectivity index is 2.09. The van der Waals surface area contributed by atoms with Crippen LogP contribution < -0.4 is 10.6 Å². The van der Waals surface area contributed by atoms with Crippen molar-refractivity contribution in [3.05, 3.63) is 29.6 Å². The largest absolute Gasteiger partial charge is 0.478 e. The number of carbonyl (C=O) groups is 2. The van der Waals surface area contributed by atoms with Gasteiger partial charge in [-0.05, 0) is 38.0 Å². The quantitative estimate of drug-likeness (QED) is 0.798. The van der Waals surface area contributed by atoms with Crippen molar-refractivity contribution in [1.82, 2.24) is 5.32 Å². The van der Waals surface area contributed by atoms with Crippen LogP contribution in [0.5, 0.6) is 0 Å². The standard InChI is InChI=1S/C14H17FN2O4/c1-14(5-2-6-21-8-14)17-13(20)16-11-7-9(15)3-4-10(11)12(18)19/h3-4,7H,2,5-6,8H2,1H3,(H,18,19)(H2,16,17,20). The highest BCUT2D eigenvalue weighted by Crippen LogP contribution is 2.20. The summed E-state index contributed by atoms with van der Waals surface area (Å²) >= 11 is 0. The minimum Gasteiger partial charge on any atom is -0.478 e. The molecular weight excluding hydrogens is 279 g/mol. The molecule has 0 radical (unpaired) electrons. The Bertz CT molecular complexity index is 556. The fraction of sp³-hybridized carbons (Fsp3) is 0.429. The van der Waals surface area contributed by atoms with Crippen molar-refractivity contribution in [2.24, 2.45) is 0 Å². The average molecular weight is 296 g/mol. The predicted octanol–water partition coefficient (Wildman–Crippen LogP) is 2.21. The molecule has 1 atom stereocenters. The van der Waals surface area contributed by atoms with Gasteiger partial charge in [0.15, 0.2) is 0 Å². The third-order valence-electron chi connectivity index (χ3n) is 3.31. The van der Waals surface area contributed by atoms with Gasteiger partial charge in [-0.25, -0.2) is 14.0 Å². The molecule has 1 heterocycles. The fourth-order valence-electron chi connectivity index (χ4n) is 2.27. The Hall–Kier alpha value is -2.15. The second kappa shape index (κ2) is 6.09. The second-order valence-corrected chi connectivity index (χ2v) is 5.29. The highest BCUT2D eigenvalue weighted by atomic mass is 19.1. The molecule has 0 saturated carbocycles. The van der Waals surface area contributed by atoms with E-state index in [9.17, 15) is 14.0 Å². The number of anilines is 1. The number of carboxylic acids is 1. The van der Waals surface area contributed by atoms with Crippen LogP contribution in [-0.2, 0) is 4.74 Å². The van der Waals surface area contributed by atoms with E-state index in [1.165, 1.54) is 0 Å². The van der Waals surface area contributed by atoms with Crippen LogP contribution in [0.3, 0.4) is 0 Å². The molecule has 0 bridgehead atoms. The van der Waals surface area contributed by atoms with Crippen LogP contribution in [0.1, 0.15) is 30.1 Å². The summed E-state index contributed by atoms with van der Waals surface area (Å²) in [4.78, 5) is 23.0. The van der Waals surface area contributed by atoms with E-state index in [1.807, 2.05) is 6.92 Å². The Morgan fingerprint density at radius 2 is 2.19 bits per heavy atom. The van der Waals surface area contributed by atoms with Crippen molar-refractivity contribution in [2.45, 2.75) is 25.3 Å². The maximum atomic E-state index is 13.2. The van der Waals surface area contributed by atoms with Gasteiger partial charge in [-0.1, -0.05) is 0 Å². The highest BCUT2D eigenvalue weighted by molar-refractivity contribution is 6.00. The van der Waals surface area contributed by atoms with Crippen LogP contribution >= 0.6 is 0 Å². The summed E-state index contributed by atoms with van der Waals surface area (Å²) in [7, 11) is 0. The van der Waals surface area contributed by atoms with Crippen LogP contribution in [-0.4, -0.2) is 35.9 Å². The van der Waals surface area contributed by atoms with Crippen molar-refractivity contribution >= 4 is 17.7 Å². The van der Waals surface area contributed by atoms with Gasteiger partial charge >= 0.3 is 12.0 Å². The lowest BCUT2D eigenvalue weighted by Gasteiger charge is -2.34. The lowest BCUT2D eigenvalue weighted by Crippen LogP contribution is -2.52.